The maximum absolute atomic E-state index is 8.65. The van der Waals surface area contributed by atoms with Crippen LogP contribution in [0.3, 0.4) is 0 Å². The highest BCUT2D eigenvalue weighted by Gasteiger charge is 2.11. The summed E-state index contributed by atoms with van der Waals surface area (Å²) in [7, 11) is 0. The van der Waals surface area contributed by atoms with Crippen LogP contribution in [0.1, 0.15) is 24.5 Å². The van der Waals surface area contributed by atoms with E-state index in [1.807, 2.05) is 32.9 Å². The summed E-state index contributed by atoms with van der Waals surface area (Å²) in [6.45, 7) is 6.07. The molecule has 0 radical (unpaired) electrons. The zero-order valence-electron chi connectivity index (χ0n) is 9.99. The van der Waals surface area contributed by atoms with Gasteiger partial charge in [0.15, 0.2) is 5.84 Å². The molecule has 4 N–H and O–H groups in total. The van der Waals surface area contributed by atoms with Gasteiger partial charge >= 0.3 is 0 Å². The SMILES string of the molecule is CCC(Nc1cc(C)cc(C)c1)C(N)=NO. The van der Waals surface area contributed by atoms with Crippen LogP contribution in [-0.4, -0.2) is 17.1 Å². The second-order valence-corrected chi connectivity index (χ2v) is 4.01. The summed E-state index contributed by atoms with van der Waals surface area (Å²) in [6, 6.07) is 6.06. The van der Waals surface area contributed by atoms with Crippen LogP contribution >= 0.6 is 0 Å². The molecule has 0 saturated carbocycles. The van der Waals surface area contributed by atoms with E-state index in [4.69, 9.17) is 10.9 Å². The third-order valence-corrected chi connectivity index (χ3v) is 2.44. The van der Waals surface area contributed by atoms with E-state index >= 15 is 0 Å². The molecule has 0 aliphatic heterocycles. The van der Waals surface area contributed by atoms with Crippen molar-refractivity contribution in [3.05, 3.63) is 29.3 Å². The molecule has 0 aliphatic rings. The molecule has 1 aromatic carbocycles. The Labute approximate surface area is 96.2 Å². The normalized spacial score (nSPS) is 13.6. The molecule has 4 nitrogen and oxygen atoms in total. The van der Waals surface area contributed by atoms with Gasteiger partial charge in [-0.15, -0.1) is 0 Å². The Morgan fingerprint density at radius 3 is 2.38 bits per heavy atom. The highest BCUT2D eigenvalue weighted by Crippen LogP contribution is 2.15. The molecule has 1 atom stereocenters. The average molecular weight is 221 g/mol. The summed E-state index contributed by atoms with van der Waals surface area (Å²) < 4.78 is 0. The highest BCUT2D eigenvalue weighted by molar-refractivity contribution is 5.87. The maximum Gasteiger partial charge on any atom is 0.161 e. The number of anilines is 1. The van der Waals surface area contributed by atoms with Gasteiger partial charge in [0.05, 0.1) is 6.04 Å². The lowest BCUT2D eigenvalue weighted by Gasteiger charge is -2.17. The van der Waals surface area contributed by atoms with Gasteiger partial charge in [-0.25, -0.2) is 0 Å². The minimum absolute atomic E-state index is 0.133. The first-order valence-electron chi connectivity index (χ1n) is 5.39. The van der Waals surface area contributed by atoms with E-state index in [9.17, 15) is 0 Å². The van der Waals surface area contributed by atoms with Gasteiger partial charge in [0.2, 0.25) is 0 Å². The number of nitrogens with zero attached hydrogens (tertiary/aromatic N) is 1. The van der Waals surface area contributed by atoms with Gasteiger partial charge in [0, 0.05) is 5.69 Å². The molecule has 4 heteroatoms. The number of oxime groups is 1. The van der Waals surface area contributed by atoms with Gasteiger partial charge in [-0.2, -0.15) is 0 Å². The number of aryl methyl sites for hydroxylation is 2. The number of nitrogens with two attached hydrogens (primary N) is 1. The van der Waals surface area contributed by atoms with Crippen molar-refractivity contribution in [2.45, 2.75) is 33.2 Å². The average Bonchev–Trinajstić information content (AvgIpc) is 2.23. The summed E-state index contributed by atoms with van der Waals surface area (Å²) in [6.07, 6.45) is 0.767. The Morgan fingerprint density at radius 2 is 1.94 bits per heavy atom. The van der Waals surface area contributed by atoms with Crippen molar-refractivity contribution in [3.8, 4) is 0 Å². The predicted octanol–water partition coefficient (Wildman–Crippen LogP) is 2.24. The van der Waals surface area contributed by atoms with Crippen molar-refractivity contribution in [1.29, 1.82) is 0 Å². The fraction of sp³-hybridized carbons (Fsp3) is 0.417. The molecule has 16 heavy (non-hydrogen) atoms. The number of hydrogen-bond acceptors (Lipinski definition) is 3. The quantitative estimate of drug-likeness (QED) is 0.316. The lowest BCUT2D eigenvalue weighted by molar-refractivity contribution is 0.316. The van der Waals surface area contributed by atoms with Crippen LogP contribution in [0, 0.1) is 13.8 Å². The molecule has 1 rings (SSSR count). The maximum atomic E-state index is 8.65. The van der Waals surface area contributed by atoms with Gasteiger partial charge in [-0.1, -0.05) is 18.1 Å². The minimum atomic E-state index is -0.133. The Kier molecular flexibility index (Phi) is 4.17. The summed E-state index contributed by atoms with van der Waals surface area (Å²) in [5.41, 5.74) is 8.97. The predicted molar refractivity (Wildman–Crippen MR) is 67.0 cm³/mol. The molecule has 0 spiro atoms. The monoisotopic (exact) mass is 221 g/mol. The van der Waals surface area contributed by atoms with E-state index in [0.717, 1.165) is 12.1 Å². The molecule has 0 bridgehead atoms. The molecule has 0 aliphatic carbocycles. The van der Waals surface area contributed by atoms with E-state index < -0.39 is 0 Å². The Morgan fingerprint density at radius 1 is 1.38 bits per heavy atom. The summed E-state index contributed by atoms with van der Waals surface area (Å²) >= 11 is 0. The van der Waals surface area contributed by atoms with Gasteiger partial charge in [0.25, 0.3) is 0 Å². The summed E-state index contributed by atoms with van der Waals surface area (Å²) in [4.78, 5) is 0. The number of benzene rings is 1. The van der Waals surface area contributed by atoms with Gasteiger partial charge in [-0.3, -0.25) is 0 Å². The van der Waals surface area contributed by atoms with Crippen molar-refractivity contribution in [3.63, 3.8) is 0 Å². The number of amidine groups is 1. The molecule has 1 aromatic rings. The molecule has 0 amide bonds. The molecule has 0 heterocycles. The number of nitrogens with one attached hydrogen (secondary N) is 1. The van der Waals surface area contributed by atoms with E-state index in [-0.39, 0.29) is 11.9 Å². The van der Waals surface area contributed by atoms with Crippen molar-refractivity contribution in [2.24, 2.45) is 10.9 Å². The summed E-state index contributed by atoms with van der Waals surface area (Å²) in [5.74, 6) is 0.210. The zero-order valence-corrected chi connectivity index (χ0v) is 9.99. The van der Waals surface area contributed by atoms with Crippen LogP contribution in [0.25, 0.3) is 0 Å². The Bertz CT molecular complexity index is 368. The highest BCUT2D eigenvalue weighted by atomic mass is 16.4. The van der Waals surface area contributed by atoms with Crippen molar-refractivity contribution in [1.82, 2.24) is 0 Å². The van der Waals surface area contributed by atoms with Crippen LogP contribution in [0.4, 0.5) is 5.69 Å². The summed E-state index contributed by atoms with van der Waals surface area (Å²) in [5, 5.41) is 14.9. The van der Waals surface area contributed by atoms with E-state index in [0.29, 0.717) is 0 Å². The second-order valence-electron chi connectivity index (χ2n) is 4.01. The van der Waals surface area contributed by atoms with Crippen molar-refractivity contribution in [2.75, 3.05) is 5.32 Å². The van der Waals surface area contributed by atoms with Crippen LogP contribution in [0.5, 0.6) is 0 Å². The number of hydrogen-bond donors (Lipinski definition) is 3. The largest absolute Gasteiger partial charge is 0.409 e. The lowest BCUT2D eigenvalue weighted by Crippen LogP contribution is -2.35. The number of rotatable bonds is 4. The van der Waals surface area contributed by atoms with E-state index in [2.05, 4.69) is 16.5 Å². The molecule has 88 valence electrons. The smallest absolute Gasteiger partial charge is 0.161 e. The Balaban J connectivity index is 2.86. The molecule has 0 fully saturated rings. The van der Waals surface area contributed by atoms with Gasteiger partial charge in [0.1, 0.15) is 0 Å². The van der Waals surface area contributed by atoms with E-state index in [1.165, 1.54) is 11.1 Å². The van der Waals surface area contributed by atoms with Crippen LogP contribution in [0.2, 0.25) is 0 Å². The van der Waals surface area contributed by atoms with Crippen molar-refractivity contribution < 1.29 is 5.21 Å². The third kappa shape index (κ3) is 3.15. The molecular weight excluding hydrogens is 202 g/mol. The van der Waals surface area contributed by atoms with Crippen molar-refractivity contribution >= 4 is 11.5 Å². The topological polar surface area (TPSA) is 70.6 Å². The molecular formula is C12H19N3O. The van der Waals surface area contributed by atoms with E-state index in [1.54, 1.807) is 0 Å². The first-order valence-corrected chi connectivity index (χ1v) is 5.39. The minimum Gasteiger partial charge on any atom is -0.409 e. The van der Waals surface area contributed by atoms with Crippen LogP contribution < -0.4 is 11.1 Å². The second kappa shape index (κ2) is 5.39. The lowest BCUT2D eigenvalue weighted by atomic mass is 10.1. The fourth-order valence-corrected chi connectivity index (χ4v) is 1.71. The first kappa shape index (κ1) is 12.4. The molecule has 1 unspecified atom stereocenters. The zero-order chi connectivity index (χ0) is 12.1. The molecule has 0 saturated heterocycles. The van der Waals surface area contributed by atoms with Gasteiger partial charge < -0.3 is 16.3 Å². The van der Waals surface area contributed by atoms with Crippen LogP contribution in [-0.2, 0) is 0 Å². The third-order valence-electron chi connectivity index (χ3n) is 2.44. The first-order chi connectivity index (χ1) is 7.56. The Hall–Kier alpha value is -1.71. The molecule has 0 aromatic heterocycles. The van der Waals surface area contributed by atoms with Gasteiger partial charge in [-0.05, 0) is 43.5 Å². The fourth-order valence-electron chi connectivity index (χ4n) is 1.71. The van der Waals surface area contributed by atoms with Crippen LogP contribution in [0.15, 0.2) is 23.4 Å². The standard InChI is InChI=1S/C12H19N3O/c1-4-11(12(13)15-16)14-10-6-8(2)5-9(3)7-10/h5-7,11,14,16H,4H2,1-3H3,(H2,13,15).